The van der Waals surface area contributed by atoms with Gasteiger partial charge in [-0.05, 0) is 32.9 Å². The Kier molecular flexibility index (Phi) is 8.14. The first-order valence-electron chi connectivity index (χ1n) is 10.1. The van der Waals surface area contributed by atoms with Crippen molar-refractivity contribution in [3.63, 3.8) is 0 Å². The number of fused-ring (bicyclic) bond motifs is 1. The van der Waals surface area contributed by atoms with E-state index >= 15 is 0 Å². The summed E-state index contributed by atoms with van der Waals surface area (Å²) in [4.78, 5) is 2.15. The molecule has 3 aromatic rings. The molecule has 0 amide bonds. The largest absolute Gasteiger partial charge is 2.00 e. The Morgan fingerprint density at radius 3 is 2.30 bits per heavy atom. The maximum atomic E-state index is 3.54. The van der Waals surface area contributed by atoms with E-state index in [0.717, 1.165) is 16.8 Å². The molecule has 0 bridgehead atoms. The second-order valence-corrected chi connectivity index (χ2v) is 9.26. The molecule has 0 saturated heterocycles. The predicted octanol–water partition coefficient (Wildman–Crippen LogP) is 6.32. The molecule has 30 heavy (non-hydrogen) atoms. The third-order valence-electron chi connectivity index (χ3n) is 4.74. The van der Waals surface area contributed by atoms with Gasteiger partial charge in [0.1, 0.15) is 0 Å². The first kappa shape index (κ1) is 24.5. The van der Waals surface area contributed by atoms with Crippen LogP contribution in [0.15, 0.2) is 72.9 Å². The van der Waals surface area contributed by atoms with Crippen molar-refractivity contribution < 1.29 is 35.7 Å². The van der Waals surface area contributed by atoms with Gasteiger partial charge in [-0.25, -0.2) is 0 Å². The van der Waals surface area contributed by atoms with Crippen LogP contribution in [0.5, 0.6) is 0 Å². The fraction of sp³-hybridized carbons (Fsp3) is 0.296. The first-order chi connectivity index (χ1) is 13.7. The average molecular weight is 622 g/mol. The van der Waals surface area contributed by atoms with E-state index in [1.54, 1.807) is 0 Å². The Morgan fingerprint density at radius 1 is 0.900 bits per heavy atom. The number of nitrogens with zero attached hydrogens (tertiary/aromatic N) is 2. The summed E-state index contributed by atoms with van der Waals surface area (Å²) in [6.07, 6.45) is 11.7. The molecule has 1 aromatic heterocycles. The van der Waals surface area contributed by atoms with Gasteiger partial charge < -0.3 is 4.90 Å². The van der Waals surface area contributed by atoms with Crippen molar-refractivity contribution >= 4 is 22.5 Å². The zero-order valence-corrected chi connectivity index (χ0v) is 23.1. The third kappa shape index (κ3) is 6.10. The van der Waals surface area contributed by atoms with Crippen LogP contribution in [0.4, 0.5) is 5.69 Å². The molecule has 152 valence electrons. The summed E-state index contributed by atoms with van der Waals surface area (Å²) in [5, 5.41) is 2.32. The van der Waals surface area contributed by atoms with Gasteiger partial charge in [0.05, 0.1) is 0 Å². The summed E-state index contributed by atoms with van der Waals surface area (Å²) in [6.45, 7) is 13.2. The summed E-state index contributed by atoms with van der Waals surface area (Å²) in [7, 11) is 0. The van der Waals surface area contributed by atoms with E-state index in [2.05, 4.69) is 136 Å². The third-order valence-corrected chi connectivity index (χ3v) is 4.74. The first-order valence-corrected chi connectivity index (χ1v) is 10.1. The molecule has 0 radical (unpaired) electrons. The van der Waals surface area contributed by atoms with Crippen LogP contribution in [0.3, 0.4) is 0 Å². The predicted molar refractivity (Wildman–Crippen MR) is 123 cm³/mol. The molecule has 0 aliphatic carbocycles. The minimum atomic E-state index is -0.110. The Bertz CT molecular complexity index is 1040. The molecule has 3 rings (SSSR count). The van der Waals surface area contributed by atoms with Crippen LogP contribution < -0.4 is 9.47 Å². The monoisotopic (exact) mass is 621 g/mol. The number of benzene rings is 2. The molecule has 2 aromatic carbocycles. The molecular formula is C27H31N2U+. The van der Waals surface area contributed by atoms with Crippen molar-refractivity contribution in [2.24, 2.45) is 0 Å². The standard InChI is InChI=1S/C27H31N2.U/c1-26(2,3)28-19-11-9-15-24(28)16-10-12-20-29(27(4,5)6)25-18-17-22-13-7-8-14-23(22)21-25;/h7-19H,1-6H3;/q-1;+2. The molecule has 0 aliphatic rings. The molecule has 0 saturated carbocycles. The van der Waals surface area contributed by atoms with E-state index in [0.29, 0.717) is 0 Å². The van der Waals surface area contributed by atoms with Crippen molar-refractivity contribution in [3.05, 3.63) is 90.9 Å². The van der Waals surface area contributed by atoms with E-state index in [4.69, 9.17) is 0 Å². The van der Waals surface area contributed by atoms with Gasteiger partial charge in [-0.3, -0.25) is 0 Å². The number of rotatable bonds is 4. The maximum absolute atomic E-state index is 3.54. The molecule has 0 unspecified atom stereocenters. The number of allylic oxidation sites excluding steroid dienone is 2. The van der Waals surface area contributed by atoms with Crippen LogP contribution in [0.1, 0.15) is 47.2 Å². The van der Waals surface area contributed by atoms with E-state index in [9.17, 15) is 0 Å². The molecule has 0 aliphatic heterocycles. The second-order valence-electron chi connectivity index (χ2n) is 9.26. The molecule has 1 heterocycles. The Balaban J connectivity index is 0.00000320. The van der Waals surface area contributed by atoms with E-state index in [1.807, 2.05) is 6.08 Å². The zero-order chi connectivity index (χ0) is 21.1. The Hall–Kier alpha value is -1.82. The van der Waals surface area contributed by atoms with Crippen LogP contribution in [0.2, 0.25) is 0 Å². The van der Waals surface area contributed by atoms with Gasteiger partial charge in [0.25, 0.3) is 0 Å². The second kappa shape index (κ2) is 9.99. The maximum Gasteiger partial charge on any atom is 2.00 e. The van der Waals surface area contributed by atoms with Gasteiger partial charge in [-0.15, -0.1) is 35.5 Å². The van der Waals surface area contributed by atoms with Gasteiger partial charge in [-0.2, -0.15) is 34.2 Å². The van der Waals surface area contributed by atoms with Gasteiger partial charge in [0.15, 0.2) is 17.4 Å². The summed E-state index contributed by atoms with van der Waals surface area (Å²) < 4.78 is 2.27. The number of anilines is 1. The van der Waals surface area contributed by atoms with Crippen LogP contribution in [0, 0.1) is 43.4 Å². The topological polar surface area (TPSA) is 7.12 Å². The summed E-state index contributed by atoms with van der Waals surface area (Å²) in [6, 6.07) is 22.4. The Labute approximate surface area is 205 Å². The molecule has 0 N–H and O–H groups in total. The summed E-state index contributed by atoms with van der Waals surface area (Å²) in [5.74, 6) is 0. The molecule has 2 nitrogen and oxygen atoms in total. The molecule has 3 heteroatoms. The quantitative estimate of drug-likeness (QED) is 0.143. The molecular weight excluding hydrogens is 590 g/mol. The van der Waals surface area contributed by atoms with Crippen molar-refractivity contribution in [2.75, 3.05) is 4.90 Å². The van der Waals surface area contributed by atoms with Gasteiger partial charge >= 0.3 is 31.1 Å². The molecule has 0 fully saturated rings. The van der Waals surface area contributed by atoms with E-state index in [-0.39, 0.29) is 42.2 Å². The minimum Gasteiger partial charge on any atom is -0.466 e. The normalized spacial score (nSPS) is 12.5. The van der Waals surface area contributed by atoms with E-state index in [1.165, 1.54) is 5.39 Å². The van der Waals surface area contributed by atoms with Crippen molar-refractivity contribution in [1.29, 1.82) is 0 Å². The van der Waals surface area contributed by atoms with Gasteiger partial charge in [0.2, 0.25) is 0 Å². The molecule has 0 atom stereocenters. The SMILES string of the molecule is CC(C)(C)N([C-]=C/C=C/c1cccc[n+]1C(C)(C)C)c1[c-]c2ccccc2cc1.[U+2]. The molecule has 0 spiro atoms. The smallest absolute Gasteiger partial charge is 0.466 e. The van der Waals surface area contributed by atoms with Crippen LogP contribution in [-0.4, -0.2) is 5.54 Å². The van der Waals surface area contributed by atoms with Gasteiger partial charge in [-0.1, -0.05) is 12.1 Å². The fourth-order valence-electron chi connectivity index (χ4n) is 3.33. The minimum absolute atomic E-state index is 0. The zero-order valence-electron chi connectivity index (χ0n) is 18.9. The van der Waals surface area contributed by atoms with Gasteiger partial charge in [0, 0.05) is 38.4 Å². The number of hydrogen-bond acceptors (Lipinski definition) is 1. The summed E-state index contributed by atoms with van der Waals surface area (Å²) in [5.41, 5.74) is 2.11. The number of pyridine rings is 1. The summed E-state index contributed by atoms with van der Waals surface area (Å²) >= 11 is 0. The fourth-order valence-corrected chi connectivity index (χ4v) is 3.33. The van der Waals surface area contributed by atoms with Crippen molar-refractivity contribution in [2.45, 2.75) is 52.6 Å². The number of hydrogen-bond donors (Lipinski definition) is 0. The van der Waals surface area contributed by atoms with Crippen molar-refractivity contribution in [3.8, 4) is 0 Å². The van der Waals surface area contributed by atoms with Crippen LogP contribution >= 0.6 is 0 Å². The Morgan fingerprint density at radius 2 is 1.60 bits per heavy atom. The number of aromatic nitrogens is 1. The van der Waals surface area contributed by atoms with E-state index < -0.39 is 0 Å². The van der Waals surface area contributed by atoms with Crippen LogP contribution in [0.25, 0.3) is 16.8 Å². The van der Waals surface area contributed by atoms with Crippen molar-refractivity contribution in [1.82, 2.24) is 0 Å². The van der Waals surface area contributed by atoms with Crippen LogP contribution in [-0.2, 0) is 5.54 Å². The average Bonchev–Trinajstić information content (AvgIpc) is 2.66.